The van der Waals surface area contributed by atoms with Gasteiger partial charge in [-0.05, 0) is 64.2 Å². The molecule has 1 atom stereocenters. The average Bonchev–Trinajstić information content (AvgIpc) is 3.15. The summed E-state index contributed by atoms with van der Waals surface area (Å²) in [6, 6.07) is 0. The van der Waals surface area contributed by atoms with E-state index in [1.807, 2.05) is 0 Å². The molecule has 6 nitrogen and oxygen atoms in total. The number of esters is 3. The van der Waals surface area contributed by atoms with Crippen molar-refractivity contribution in [3.63, 3.8) is 0 Å². The largest absolute Gasteiger partial charge is 0.462 e. The maximum atomic E-state index is 12.7. The van der Waals surface area contributed by atoms with Crippen molar-refractivity contribution in [3.05, 3.63) is 24.3 Å². The van der Waals surface area contributed by atoms with E-state index in [2.05, 4.69) is 45.1 Å². The summed E-state index contributed by atoms with van der Waals surface area (Å²) in [6.07, 6.45) is 45.8. The first-order valence-corrected chi connectivity index (χ1v) is 22.8. The number of hydrogen-bond donors (Lipinski definition) is 0. The minimum atomic E-state index is -0.770. The Morgan fingerprint density at radius 1 is 0.358 bits per heavy atom. The second-order valence-corrected chi connectivity index (χ2v) is 15.3. The van der Waals surface area contributed by atoms with Gasteiger partial charge in [0.15, 0.2) is 6.10 Å². The minimum Gasteiger partial charge on any atom is -0.462 e. The highest BCUT2D eigenvalue weighted by Gasteiger charge is 2.19. The van der Waals surface area contributed by atoms with E-state index in [1.54, 1.807) is 0 Å². The summed E-state index contributed by atoms with van der Waals surface area (Å²) in [6.45, 7) is 6.56. The van der Waals surface area contributed by atoms with Crippen LogP contribution in [0.4, 0.5) is 0 Å². The summed E-state index contributed by atoms with van der Waals surface area (Å²) in [4.78, 5) is 37.7. The molecule has 0 aromatic heterocycles. The minimum absolute atomic E-state index is 0.0756. The van der Waals surface area contributed by atoms with Crippen LogP contribution >= 0.6 is 0 Å². The van der Waals surface area contributed by atoms with E-state index in [9.17, 15) is 14.4 Å². The lowest BCUT2D eigenvalue weighted by molar-refractivity contribution is -0.167. The van der Waals surface area contributed by atoms with Crippen molar-refractivity contribution in [1.29, 1.82) is 0 Å². The molecule has 0 aliphatic rings. The molecule has 0 bridgehead atoms. The summed E-state index contributed by atoms with van der Waals surface area (Å²) in [5, 5.41) is 0. The zero-order valence-corrected chi connectivity index (χ0v) is 35.3. The Labute approximate surface area is 328 Å². The predicted octanol–water partition coefficient (Wildman–Crippen LogP) is 14.4. The molecule has 0 radical (unpaired) electrons. The second kappa shape index (κ2) is 42.6. The molecule has 53 heavy (non-hydrogen) atoms. The fourth-order valence-corrected chi connectivity index (χ4v) is 6.42. The number of unbranched alkanes of at least 4 members (excludes halogenated alkanes) is 26. The highest BCUT2D eigenvalue weighted by Crippen LogP contribution is 2.14. The highest BCUT2D eigenvalue weighted by atomic mass is 16.6. The Hall–Kier alpha value is -2.11. The van der Waals surface area contributed by atoms with E-state index >= 15 is 0 Å². The molecule has 0 amide bonds. The van der Waals surface area contributed by atoms with Gasteiger partial charge in [0, 0.05) is 19.3 Å². The van der Waals surface area contributed by atoms with E-state index in [0.717, 1.165) is 70.6 Å². The normalized spacial score (nSPS) is 12.1. The quantitative estimate of drug-likeness (QED) is 0.0268. The van der Waals surface area contributed by atoms with Gasteiger partial charge in [-0.2, -0.15) is 0 Å². The van der Waals surface area contributed by atoms with Crippen LogP contribution in [0.2, 0.25) is 0 Å². The number of rotatable bonds is 41. The third-order valence-electron chi connectivity index (χ3n) is 9.93. The molecule has 6 heteroatoms. The Balaban J connectivity index is 4.38. The van der Waals surface area contributed by atoms with Gasteiger partial charge in [0.1, 0.15) is 13.2 Å². The Morgan fingerprint density at radius 3 is 1.04 bits per heavy atom. The number of carbonyl (C=O) groups is 3. The molecular formula is C47H86O6. The third kappa shape index (κ3) is 40.9. The van der Waals surface area contributed by atoms with Gasteiger partial charge in [-0.15, -0.1) is 0 Å². The molecule has 0 aromatic carbocycles. The predicted molar refractivity (Wildman–Crippen MR) is 224 cm³/mol. The molecule has 0 fully saturated rings. The van der Waals surface area contributed by atoms with Crippen molar-refractivity contribution in [3.8, 4) is 0 Å². The molecular weight excluding hydrogens is 661 g/mol. The number of allylic oxidation sites excluding steroid dienone is 4. The molecule has 0 spiro atoms. The number of hydrogen-bond acceptors (Lipinski definition) is 6. The zero-order chi connectivity index (χ0) is 38.7. The number of carbonyl (C=O) groups excluding carboxylic acids is 3. The van der Waals surface area contributed by atoms with Crippen LogP contribution in [-0.4, -0.2) is 37.2 Å². The van der Waals surface area contributed by atoms with Crippen LogP contribution < -0.4 is 0 Å². The van der Waals surface area contributed by atoms with Gasteiger partial charge in [-0.3, -0.25) is 14.4 Å². The monoisotopic (exact) mass is 747 g/mol. The molecule has 0 N–H and O–H groups in total. The van der Waals surface area contributed by atoms with Gasteiger partial charge >= 0.3 is 17.9 Å². The lowest BCUT2D eigenvalue weighted by Crippen LogP contribution is -2.30. The van der Waals surface area contributed by atoms with Crippen LogP contribution in [0.3, 0.4) is 0 Å². The lowest BCUT2D eigenvalue weighted by atomic mass is 10.0. The van der Waals surface area contributed by atoms with Crippen molar-refractivity contribution < 1.29 is 28.6 Å². The molecule has 0 aromatic rings. The van der Waals surface area contributed by atoms with Crippen LogP contribution in [0.15, 0.2) is 24.3 Å². The number of ether oxygens (including phenoxy) is 3. The van der Waals surface area contributed by atoms with Crippen molar-refractivity contribution in [2.45, 2.75) is 245 Å². The molecule has 0 saturated carbocycles. The van der Waals surface area contributed by atoms with Crippen LogP contribution in [0.25, 0.3) is 0 Å². The van der Waals surface area contributed by atoms with Gasteiger partial charge in [-0.25, -0.2) is 0 Å². The maximum Gasteiger partial charge on any atom is 0.306 e. The third-order valence-corrected chi connectivity index (χ3v) is 9.93. The molecule has 310 valence electrons. The van der Waals surface area contributed by atoms with Crippen molar-refractivity contribution in [2.24, 2.45) is 0 Å². The first-order valence-electron chi connectivity index (χ1n) is 22.8. The van der Waals surface area contributed by atoms with E-state index in [1.165, 1.54) is 128 Å². The molecule has 0 saturated heterocycles. The van der Waals surface area contributed by atoms with Gasteiger partial charge in [0.2, 0.25) is 0 Å². The topological polar surface area (TPSA) is 78.9 Å². The van der Waals surface area contributed by atoms with E-state index in [0.29, 0.717) is 19.3 Å². The lowest BCUT2D eigenvalue weighted by Gasteiger charge is -2.18. The first-order chi connectivity index (χ1) is 26.0. The Bertz CT molecular complexity index is 865. The summed E-state index contributed by atoms with van der Waals surface area (Å²) in [5.74, 6) is -0.890. The maximum absolute atomic E-state index is 12.7. The Kier molecular flexibility index (Phi) is 40.9. The van der Waals surface area contributed by atoms with Gasteiger partial charge < -0.3 is 14.2 Å². The van der Waals surface area contributed by atoms with Crippen LogP contribution in [-0.2, 0) is 28.6 Å². The zero-order valence-electron chi connectivity index (χ0n) is 35.3. The van der Waals surface area contributed by atoms with Crippen molar-refractivity contribution >= 4 is 17.9 Å². The summed E-state index contributed by atoms with van der Waals surface area (Å²) >= 11 is 0. The second-order valence-electron chi connectivity index (χ2n) is 15.3. The van der Waals surface area contributed by atoms with Gasteiger partial charge in [0.25, 0.3) is 0 Å². The molecule has 0 aliphatic carbocycles. The standard InChI is InChI=1S/C47H86O6/c1-4-7-10-13-16-19-22-25-28-31-34-37-40-46(49)52-43-44(42-51-45(48)39-36-33-30-27-24-21-18-15-12-9-6-3)53-47(50)41-38-35-32-29-26-23-20-17-14-11-8-5-2/h15-16,18-19,44H,4-14,17,20-43H2,1-3H3/b18-15-,19-16-. The molecule has 0 heterocycles. The smallest absolute Gasteiger partial charge is 0.306 e. The summed E-state index contributed by atoms with van der Waals surface area (Å²) in [5.41, 5.74) is 0. The Morgan fingerprint density at radius 2 is 0.642 bits per heavy atom. The molecule has 0 aliphatic heterocycles. The summed E-state index contributed by atoms with van der Waals surface area (Å²) < 4.78 is 16.7. The van der Waals surface area contributed by atoms with Gasteiger partial charge in [0.05, 0.1) is 0 Å². The average molecular weight is 747 g/mol. The first kappa shape index (κ1) is 50.9. The van der Waals surface area contributed by atoms with E-state index in [-0.39, 0.29) is 31.1 Å². The summed E-state index contributed by atoms with van der Waals surface area (Å²) in [7, 11) is 0. The van der Waals surface area contributed by atoms with Crippen molar-refractivity contribution in [2.75, 3.05) is 13.2 Å². The fourth-order valence-electron chi connectivity index (χ4n) is 6.42. The highest BCUT2D eigenvalue weighted by molar-refractivity contribution is 5.71. The molecule has 1 unspecified atom stereocenters. The van der Waals surface area contributed by atoms with Crippen LogP contribution in [0, 0.1) is 0 Å². The van der Waals surface area contributed by atoms with Crippen LogP contribution in [0.5, 0.6) is 0 Å². The fraction of sp³-hybridized carbons (Fsp3) is 0.851. The van der Waals surface area contributed by atoms with Crippen LogP contribution in [0.1, 0.15) is 239 Å². The van der Waals surface area contributed by atoms with Gasteiger partial charge in [-0.1, -0.05) is 180 Å². The van der Waals surface area contributed by atoms with E-state index in [4.69, 9.17) is 14.2 Å². The van der Waals surface area contributed by atoms with Crippen molar-refractivity contribution in [1.82, 2.24) is 0 Å². The van der Waals surface area contributed by atoms with E-state index < -0.39 is 6.10 Å². The SMILES string of the molecule is CCCC/C=C\CCCCCCCC(=O)OCC(COC(=O)CCCCCCC/C=C\CCCCC)OC(=O)CCCCCCCCCCCCCC. The molecule has 0 rings (SSSR count).